The van der Waals surface area contributed by atoms with Gasteiger partial charge in [-0.05, 0) is 25.3 Å². The van der Waals surface area contributed by atoms with Crippen molar-refractivity contribution in [1.82, 2.24) is 4.90 Å². The third-order valence-corrected chi connectivity index (χ3v) is 6.54. The lowest BCUT2D eigenvalue weighted by atomic mass is 9.89. The number of likely N-dealkylation sites (tertiary alicyclic amines) is 1. The van der Waals surface area contributed by atoms with Crippen molar-refractivity contribution in [3.05, 3.63) is 34.9 Å². The normalized spacial score (nSPS) is 26.3. The fraction of sp³-hybridized carbons (Fsp3) is 0.667. The third-order valence-electron chi connectivity index (χ3n) is 6.20. The lowest BCUT2D eigenvalue weighted by Crippen LogP contribution is -2.45. The molecular weight excluding hydrogens is 382 g/mol. The van der Waals surface area contributed by atoms with Crippen molar-refractivity contribution >= 4 is 17.5 Å². The third kappa shape index (κ3) is 3.94. The number of carbonyl (C=O) groups is 1. The van der Waals surface area contributed by atoms with Crippen LogP contribution in [0.5, 0.6) is 0 Å². The van der Waals surface area contributed by atoms with Crippen LogP contribution in [-0.4, -0.2) is 56.3 Å². The highest BCUT2D eigenvalue weighted by Gasteiger charge is 2.46. The second-order valence-electron chi connectivity index (χ2n) is 7.78. The number of benzene rings is 1. The molecule has 1 aliphatic carbocycles. The average Bonchev–Trinajstić information content (AvgIpc) is 3.32. The average molecular weight is 410 g/mol. The van der Waals surface area contributed by atoms with E-state index >= 15 is 0 Å². The van der Waals surface area contributed by atoms with Crippen LogP contribution < -0.4 is 0 Å². The fourth-order valence-corrected chi connectivity index (χ4v) is 5.02. The molecule has 3 fully saturated rings. The topological polar surface area (TPSA) is 57.2 Å². The van der Waals surface area contributed by atoms with E-state index in [4.69, 9.17) is 30.5 Å². The second-order valence-corrected chi connectivity index (χ2v) is 8.19. The van der Waals surface area contributed by atoms with Crippen molar-refractivity contribution in [2.75, 3.05) is 33.7 Å². The number of methoxy groups -OCH3 is 1. The van der Waals surface area contributed by atoms with E-state index in [9.17, 15) is 4.79 Å². The molecule has 4 rings (SSSR count). The lowest BCUT2D eigenvalue weighted by molar-refractivity contribution is -0.185. The van der Waals surface area contributed by atoms with Gasteiger partial charge in [0.05, 0.1) is 25.2 Å². The largest absolute Gasteiger partial charge is 0.359 e. The number of rotatable bonds is 6. The summed E-state index contributed by atoms with van der Waals surface area (Å²) in [5, 5.41) is 0.616. The monoisotopic (exact) mass is 409 g/mol. The molecule has 1 aromatic carbocycles. The van der Waals surface area contributed by atoms with E-state index in [0.29, 0.717) is 18.2 Å². The first-order chi connectivity index (χ1) is 13.6. The summed E-state index contributed by atoms with van der Waals surface area (Å²) in [6.45, 7) is 2.22. The van der Waals surface area contributed by atoms with E-state index < -0.39 is 11.9 Å². The van der Waals surface area contributed by atoms with E-state index in [1.165, 1.54) is 0 Å². The molecule has 1 amide bonds. The van der Waals surface area contributed by atoms with Gasteiger partial charge in [0.2, 0.25) is 5.91 Å². The first-order valence-corrected chi connectivity index (χ1v) is 10.4. The van der Waals surface area contributed by atoms with Gasteiger partial charge in [0.1, 0.15) is 6.79 Å². The molecule has 154 valence electrons. The molecule has 3 aliphatic rings. The van der Waals surface area contributed by atoms with Crippen molar-refractivity contribution in [3.63, 3.8) is 0 Å². The first kappa shape index (κ1) is 20.1. The van der Waals surface area contributed by atoms with Crippen LogP contribution >= 0.6 is 11.6 Å². The van der Waals surface area contributed by atoms with Gasteiger partial charge in [-0.15, -0.1) is 0 Å². The Kier molecular flexibility index (Phi) is 6.23. The number of amides is 1. The molecule has 1 saturated carbocycles. The molecule has 2 heterocycles. The molecule has 7 heteroatoms. The van der Waals surface area contributed by atoms with E-state index in [1.807, 2.05) is 29.2 Å². The summed E-state index contributed by atoms with van der Waals surface area (Å²) >= 11 is 6.40. The summed E-state index contributed by atoms with van der Waals surface area (Å²) in [7, 11) is 1.58. The molecule has 0 bridgehead atoms. The molecule has 28 heavy (non-hydrogen) atoms. The number of ether oxygens (including phenoxy) is 4. The Hall–Kier alpha value is -1.18. The van der Waals surface area contributed by atoms with Gasteiger partial charge in [-0.3, -0.25) is 4.79 Å². The Morgan fingerprint density at radius 1 is 1.21 bits per heavy atom. The van der Waals surface area contributed by atoms with Crippen molar-refractivity contribution in [1.29, 1.82) is 0 Å². The minimum Gasteiger partial charge on any atom is -0.359 e. The Bertz CT molecular complexity index is 683. The Morgan fingerprint density at radius 3 is 2.61 bits per heavy atom. The quantitative estimate of drug-likeness (QED) is 0.672. The van der Waals surface area contributed by atoms with Gasteiger partial charge in [-0.1, -0.05) is 29.8 Å². The Balaban J connectivity index is 1.45. The molecule has 2 saturated heterocycles. The predicted octanol–water partition coefficient (Wildman–Crippen LogP) is 3.54. The van der Waals surface area contributed by atoms with Crippen molar-refractivity contribution < 1.29 is 23.7 Å². The van der Waals surface area contributed by atoms with E-state index in [-0.39, 0.29) is 24.7 Å². The van der Waals surface area contributed by atoms with Crippen LogP contribution in [0.3, 0.4) is 0 Å². The molecule has 1 spiro atoms. The number of halogens is 1. The smallest absolute Gasteiger partial charge is 0.228 e. The zero-order valence-electron chi connectivity index (χ0n) is 16.3. The van der Waals surface area contributed by atoms with E-state index in [1.54, 1.807) is 7.11 Å². The standard InChI is InChI=1S/C21H28ClNO5/c1-25-14-26-19(16-4-2-3-5-18(16)22)17-8-11-23(20(17)24)15-6-9-21(10-7-15)27-12-13-28-21/h2-5,15,17,19H,6-14H2,1H3. The van der Waals surface area contributed by atoms with Crippen LogP contribution in [0.15, 0.2) is 24.3 Å². The van der Waals surface area contributed by atoms with Crippen molar-refractivity contribution in [3.8, 4) is 0 Å². The molecule has 0 aromatic heterocycles. The zero-order chi connectivity index (χ0) is 19.6. The number of hydrogen-bond acceptors (Lipinski definition) is 5. The maximum atomic E-state index is 13.3. The van der Waals surface area contributed by atoms with Gasteiger partial charge in [-0.25, -0.2) is 0 Å². The Labute approximate surface area is 171 Å². The summed E-state index contributed by atoms with van der Waals surface area (Å²) in [6, 6.07) is 7.80. The molecule has 2 unspecified atom stereocenters. The molecule has 1 aromatic rings. The van der Waals surface area contributed by atoms with Gasteiger partial charge < -0.3 is 23.8 Å². The molecule has 6 nitrogen and oxygen atoms in total. The highest BCUT2D eigenvalue weighted by atomic mass is 35.5. The molecule has 0 N–H and O–H groups in total. The SMILES string of the molecule is COCOC(c1ccccc1Cl)C1CCN(C2CCC3(CC2)OCCO3)C1=O. The first-order valence-electron chi connectivity index (χ1n) is 10.1. The number of nitrogens with zero attached hydrogens (tertiary/aromatic N) is 1. The summed E-state index contributed by atoms with van der Waals surface area (Å²) < 4.78 is 22.7. The van der Waals surface area contributed by atoms with Gasteiger partial charge in [0.15, 0.2) is 5.79 Å². The number of carbonyl (C=O) groups excluding carboxylic acids is 1. The van der Waals surface area contributed by atoms with Crippen molar-refractivity contribution in [2.45, 2.75) is 50.0 Å². The fourth-order valence-electron chi connectivity index (χ4n) is 4.78. The molecule has 2 aliphatic heterocycles. The summed E-state index contributed by atoms with van der Waals surface area (Å²) in [5.74, 6) is -0.500. The van der Waals surface area contributed by atoms with Crippen LogP contribution in [-0.2, 0) is 23.7 Å². The summed E-state index contributed by atoms with van der Waals surface area (Å²) in [4.78, 5) is 15.3. The minimum atomic E-state index is -0.402. The second kappa shape index (κ2) is 8.67. The van der Waals surface area contributed by atoms with Gasteiger partial charge in [-0.2, -0.15) is 0 Å². The van der Waals surface area contributed by atoms with Crippen LogP contribution in [0.4, 0.5) is 0 Å². The molecule has 0 radical (unpaired) electrons. The maximum absolute atomic E-state index is 13.3. The maximum Gasteiger partial charge on any atom is 0.228 e. The van der Waals surface area contributed by atoms with Crippen molar-refractivity contribution in [2.24, 2.45) is 5.92 Å². The van der Waals surface area contributed by atoms with Crippen LogP contribution in [0, 0.1) is 5.92 Å². The van der Waals surface area contributed by atoms with Crippen LogP contribution in [0.1, 0.15) is 43.8 Å². The molecular formula is C21H28ClNO5. The highest BCUT2D eigenvalue weighted by Crippen LogP contribution is 2.42. The summed E-state index contributed by atoms with van der Waals surface area (Å²) in [6.07, 6.45) is 3.87. The summed E-state index contributed by atoms with van der Waals surface area (Å²) in [5.41, 5.74) is 0.844. The van der Waals surface area contributed by atoms with Gasteiger partial charge >= 0.3 is 0 Å². The predicted molar refractivity (Wildman–Crippen MR) is 104 cm³/mol. The van der Waals surface area contributed by atoms with Crippen LogP contribution in [0.2, 0.25) is 5.02 Å². The highest BCUT2D eigenvalue weighted by molar-refractivity contribution is 6.31. The Morgan fingerprint density at radius 2 is 1.93 bits per heavy atom. The number of hydrogen-bond donors (Lipinski definition) is 0. The van der Waals surface area contributed by atoms with E-state index in [0.717, 1.165) is 44.2 Å². The van der Waals surface area contributed by atoms with Gasteiger partial charge in [0.25, 0.3) is 0 Å². The zero-order valence-corrected chi connectivity index (χ0v) is 17.0. The lowest BCUT2D eigenvalue weighted by Gasteiger charge is -2.39. The van der Waals surface area contributed by atoms with Crippen LogP contribution in [0.25, 0.3) is 0 Å². The minimum absolute atomic E-state index is 0.125. The van der Waals surface area contributed by atoms with Gasteiger partial charge in [0, 0.05) is 43.1 Å². The molecule has 2 atom stereocenters. The van der Waals surface area contributed by atoms with E-state index in [2.05, 4.69) is 0 Å².